The lowest BCUT2D eigenvalue weighted by molar-refractivity contribution is 0.286. The van der Waals surface area contributed by atoms with E-state index >= 15 is 0 Å². The van der Waals surface area contributed by atoms with Gasteiger partial charge in [-0.25, -0.2) is 4.79 Å². The zero-order valence-electron chi connectivity index (χ0n) is 19.8. The van der Waals surface area contributed by atoms with Crippen molar-refractivity contribution in [2.45, 2.75) is 51.7 Å². The molecule has 182 valence electrons. The number of rotatable bonds is 11. The van der Waals surface area contributed by atoms with Crippen LogP contribution in [0.1, 0.15) is 43.7 Å². The van der Waals surface area contributed by atoms with Crippen LogP contribution < -0.4 is 26.2 Å². The molecule has 2 heterocycles. The molecule has 0 unspecified atom stereocenters. The van der Waals surface area contributed by atoms with Crippen LogP contribution in [0.15, 0.2) is 53.3 Å². The molecule has 4 aromatic rings. The number of fused-ring (bicyclic) bond motifs is 1. The predicted octanol–water partition coefficient (Wildman–Crippen LogP) is 3.97. The van der Waals surface area contributed by atoms with Crippen molar-refractivity contribution >= 4 is 17.0 Å². The molecule has 0 atom stereocenters. The van der Waals surface area contributed by atoms with Gasteiger partial charge in [0.05, 0.1) is 13.2 Å². The van der Waals surface area contributed by atoms with Crippen LogP contribution in [0, 0.1) is 0 Å². The van der Waals surface area contributed by atoms with E-state index in [1.807, 2.05) is 36.4 Å². The lowest BCUT2D eigenvalue weighted by atomic mass is 10.2. The zero-order chi connectivity index (χ0) is 24.2. The maximum Gasteiger partial charge on any atom is 0.328 e. The van der Waals surface area contributed by atoms with Gasteiger partial charge in [0.2, 0.25) is 0 Å². The Kier molecular flexibility index (Phi) is 6.67. The minimum absolute atomic E-state index is 0.175. The molecule has 0 radical (unpaired) electrons. The van der Waals surface area contributed by atoms with E-state index in [1.165, 1.54) is 23.0 Å². The highest BCUT2D eigenvalue weighted by atomic mass is 16.5. The Morgan fingerprint density at radius 2 is 1.74 bits per heavy atom. The van der Waals surface area contributed by atoms with Crippen molar-refractivity contribution < 1.29 is 9.47 Å². The molecule has 0 saturated heterocycles. The molecule has 0 amide bonds. The largest absolute Gasteiger partial charge is 0.463 e. The molecular weight excluding hydrogens is 444 g/mol. The highest BCUT2D eigenvalue weighted by Crippen LogP contribution is 2.24. The predicted molar refractivity (Wildman–Crippen MR) is 135 cm³/mol. The van der Waals surface area contributed by atoms with Gasteiger partial charge in [0.1, 0.15) is 17.0 Å². The number of nitrogens with one attached hydrogen (secondary N) is 2. The summed E-state index contributed by atoms with van der Waals surface area (Å²) in [4.78, 5) is 23.9. The van der Waals surface area contributed by atoms with Crippen molar-refractivity contribution in [2.75, 3.05) is 12.3 Å². The number of hydrogen-bond acceptors (Lipinski definition) is 7. The normalized spacial score (nSPS) is 13.3. The summed E-state index contributed by atoms with van der Waals surface area (Å²) in [5, 5.41) is 3.51. The Balaban J connectivity index is 1.26. The Morgan fingerprint density at radius 1 is 1.06 bits per heavy atom. The maximum absolute atomic E-state index is 12.6. The van der Waals surface area contributed by atoms with E-state index in [1.54, 1.807) is 0 Å². The first-order chi connectivity index (χ1) is 17.1. The molecule has 0 aliphatic heterocycles. The van der Waals surface area contributed by atoms with Gasteiger partial charge in [-0.05, 0) is 54.7 Å². The average Bonchev–Trinajstić information content (AvgIpc) is 3.64. The standard InChI is InChI=1S/C26H30N6O3/c1-2-3-14-34-25-30-23(27)22-24(31-25)32(26(33)29-22)16-18-6-12-21(13-7-18)35-20-10-4-17(5-11-20)15-28-19-8-9-19/h4-7,10-13,19,28H,2-3,8-9,14-16H2,1H3,(H,29,33)(H2,27,30,31). The number of aromatic amines is 1. The van der Waals surface area contributed by atoms with Gasteiger partial charge in [-0.1, -0.05) is 37.6 Å². The minimum atomic E-state index is -0.303. The van der Waals surface area contributed by atoms with Gasteiger partial charge in [0.15, 0.2) is 11.5 Å². The van der Waals surface area contributed by atoms with Crippen molar-refractivity contribution in [1.29, 1.82) is 0 Å². The summed E-state index contributed by atoms with van der Waals surface area (Å²) in [6.45, 7) is 3.78. The Morgan fingerprint density at radius 3 is 2.40 bits per heavy atom. The fourth-order valence-corrected chi connectivity index (χ4v) is 3.76. The Labute approximate surface area is 203 Å². The summed E-state index contributed by atoms with van der Waals surface area (Å²) in [5.41, 5.74) is 8.73. The van der Waals surface area contributed by atoms with E-state index < -0.39 is 0 Å². The van der Waals surface area contributed by atoms with Gasteiger partial charge in [0.25, 0.3) is 0 Å². The highest BCUT2D eigenvalue weighted by Gasteiger charge is 2.20. The van der Waals surface area contributed by atoms with Crippen LogP contribution in [-0.2, 0) is 13.1 Å². The number of ether oxygens (including phenoxy) is 2. The number of unbranched alkanes of at least 4 members (excludes halogenated alkanes) is 1. The molecule has 1 aliphatic carbocycles. The van der Waals surface area contributed by atoms with Crippen LogP contribution >= 0.6 is 0 Å². The Hall–Kier alpha value is -3.85. The fraction of sp³-hybridized carbons (Fsp3) is 0.346. The molecule has 1 saturated carbocycles. The average molecular weight is 475 g/mol. The van der Waals surface area contributed by atoms with Crippen LogP contribution in [-0.4, -0.2) is 32.2 Å². The monoisotopic (exact) mass is 474 g/mol. The number of anilines is 1. The summed E-state index contributed by atoms with van der Waals surface area (Å²) in [7, 11) is 0. The van der Waals surface area contributed by atoms with Gasteiger partial charge < -0.3 is 25.5 Å². The third-order valence-electron chi connectivity index (χ3n) is 5.95. The quantitative estimate of drug-likeness (QED) is 0.281. The third-order valence-corrected chi connectivity index (χ3v) is 5.95. The first-order valence-corrected chi connectivity index (χ1v) is 12.1. The minimum Gasteiger partial charge on any atom is -0.463 e. The molecule has 5 rings (SSSR count). The molecule has 2 aromatic carbocycles. The fourth-order valence-electron chi connectivity index (χ4n) is 3.76. The van der Waals surface area contributed by atoms with Gasteiger partial charge in [-0.15, -0.1) is 0 Å². The third kappa shape index (κ3) is 5.63. The number of nitrogens with zero attached hydrogens (tertiary/aromatic N) is 3. The molecule has 0 spiro atoms. The number of nitrogens with two attached hydrogens (primary N) is 1. The summed E-state index contributed by atoms with van der Waals surface area (Å²) in [6, 6.07) is 16.6. The second kappa shape index (κ2) is 10.2. The number of aromatic nitrogens is 4. The molecule has 4 N–H and O–H groups in total. The summed E-state index contributed by atoms with van der Waals surface area (Å²) in [6.07, 6.45) is 4.44. The van der Waals surface area contributed by atoms with E-state index in [0.717, 1.165) is 36.4 Å². The smallest absolute Gasteiger partial charge is 0.328 e. The number of H-pyrrole nitrogens is 1. The summed E-state index contributed by atoms with van der Waals surface area (Å²) in [5.74, 6) is 1.70. The molecule has 1 aliphatic rings. The van der Waals surface area contributed by atoms with Crippen molar-refractivity contribution in [3.05, 3.63) is 70.1 Å². The molecule has 35 heavy (non-hydrogen) atoms. The molecule has 1 fully saturated rings. The number of hydrogen-bond donors (Lipinski definition) is 3. The van der Waals surface area contributed by atoms with Crippen LogP contribution in [0.5, 0.6) is 17.5 Å². The van der Waals surface area contributed by atoms with E-state index in [0.29, 0.717) is 30.4 Å². The molecule has 9 heteroatoms. The van der Waals surface area contributed by atoms with Crippen LogP contribution in [0.25, 0.3) is 11.2 Å². The number of benzene rings is 2. The zero-order valence-corrected chi connectivity index (χ0v) is 19.8. The lowest BCUT2D eigenvalue weighted by Gasteiger charge is -2.09. The van der Waals surface area contributed by atoms with Crippen LogP contribution in [0.2, 0.25) is 0 Å². The second-order valence-electron chi connectivity index (χ2n) is 8.85. The van der Waals surface area contributed by atoms with Gasteiger partial charge >= 0.3 is 11.7 Å². The van der Waals surface area contributed by atoms with Crippen molar-refractivity contribution in [1.82, 2.24) is 24.8 Å². The van der Waals surface area contributed by atoms with E-state index in [-0.39, 0.29) is 17.5 Å². The highest BCUT2D eigenvalue weighted by molar-refractivity contribution is 5.81. The van der Waals surface area contributed by atoms with E-state index in [4.69, 9.17) is 15.2 Å². The van der Waals surface area contributed by atoms with Crippen molar-refractivity contribution in [2.24, 2.45) is 0 Å². The lowest BCUT2D eigenvalue weighted by Crippen LogP contribution is -2.17. The first-order valence-electron chi connectivity index (χ1n) is 12.1. The maximum atomic E-state index is 12.6. The number of nitrogen functional groups attached to an aromatic ring is 1. The summed E-state index contributed by atoms with van der Waals surface area (Å²) < 4.78 is 13.1. The summed E-state index contributed by atoms with van der Waals surface area (Å²) >= 11 is 0. The van der Waals surface area contributed by atoms with Gasteiger partial charge in [0, 0.05) is 12.6 Å². The molecule has 9 nitrogen and oxygen atoms in total. The van der Waals surface area contributed by atoms with Crippen molar-refractivity contribution in [3.63, 3.8) is 0 Å². The van der Waals surface area contributed by atoms with Gasteiger partial charge in [-0.2, -0.15) is 9.97 Å². The van der Waals surface area contributed by atoms with E-state index in [9.17, 15) is 4.79 Å². The molecule has 2 aromatic heterocycles. The Bertz CT molecular complexity index is 1340. The van der Waals surface area contributed by atoms with E-state index in [2.05, 4.69) is 39.3 Å². The van der Waals surface area contributed by atoms with Crippen LogP contribution in [0.3, 0.4) is 0 Å². The van der Waals surface area contributed by atoms with Crippen molar-refractivity contribution in [3.8, 4) is 17.5 Å². The number of imidazole rings is 1. The second-order valence-corrected chi connectivity index (χ2v) is 8.85. The SMILES string of the molecule is CCCCOc1nc(N)c2[nH]c(=O)n(Cc3ccc(Oc4ccc(CNC5CC5)cc4)cc3)c2n1. The molecular formula is C26H30N6O3. The van der Waals surface area contributed by atoms with Crippen LogP contribution in [0.4, 0.5) is 5.82 Å². The molecule has 0 bridgehead atoms. The topological polar surface area (TPSA) is 120 Å². The van der Waals surface area contributed by atoms with Gasteiger partial charge in [-0.3, -0.25) is 4.57 Å². The first kappa shape index (κ1) is 22.9.